The van der Waals surface area contributed by atoms with Crippen LogP contribution in [-0.2, 0) is 19.0 Å². The summed E-state index contributed by atoms with van der Waals surface area (Å²) < 4.78 is 81.3. The first-order valence-corrected chi connectivity index (χ1v) is 6.12. The fraction of sp³-hybridized carbons (Fsp3) is 0.200. The average Bonchev–Trinajstić information content (AvgIpc) is 2.44. The van der Waals surface area contributed by atoms with Crippen molar-refractivity contribution < 1.29 is 31.1 Å². The van der Waals surface area contributed by atoms with Gasteiger partial charge in [0, 0.05) is 0 Å². The van der Waals surface area contributed by atoms with Crippen molar-refractivity contribution >= 4 is 0 Å². The van der Waals surface area contributed by atoms with Gasteiger partial charge in [-0.2, -0.15) is 26.3 Å². The van der Waals surface area contributed by atoms with Crippen molar-refractivity contribution in [3.63, 3.8) is 0 Å². The SMILES string of the molecule is FC(F)(F)c1cc(COc2ccccc2)cc(C(F)(F)F)c1. The Morgan fingerprint density at radius 1 is 0.727 bits per heavy atom. The number of ether oxygens (including phenoxy) is 1. The molecule has 0 heterocycles. The minimum Gasteiger partial charge on any atom is -0.489 e. The number of rotatable bonds is 3. The molecule has 0 aliphatic rings. The number of halogens is 6. The van der Waals surface area contributed by atoms with Crippen LogP contribution in [0.15, 0.2) is 48.5 Å². The van der Waals surface area contributed by atoms with E-state index in [-0.39, 0.29) is 11.6 Å². The monoisotopic (exact) mass is 320 g/mol. The van der Waals surface area contributed by atoms with Gasteiger partial charge in [0.25, 0.3) is 0 Å². The third kappa shape index (κ3) is 4.16. The maximum atomic E-state index is 12.7. The molecule has 1 nitrogen and oxygen atoms in total. The summed E-state index contributed by atoms with van der Waals surface area (Å²) in [6, 6.07) is 9.49. The second-order valence-electron chi connectivity index (χ2n) is 4.52. The Morgan fingerprint density at radius 2 is 1.23 bits per heavy atom. The van der Waals surface area contributed by atoms with Gasteiger partial charge in [0.15, 0.2) is 0 Å². The molecule has 0 saturated carbocycles. The van der Waals surface area contributed by atoms with Crippen LogP contribution in [0.5, 0.6) is 5.75 Å². The Labute approximate surface area is 122 Å². The molecular formula is C15H10F6O. The lowest BCUT2D eigenvalue weighted by Gasteiger charge is -2.14. The molecular weight excluding hydrogens is 310 g/mol. The molecule has 0 atom stereocenters. The maximum Gasteiger partial charge on any atom is 0.416 e. The first-order valence-electron chi connectivity index (χ1n) is 6.12. The molecule has 7 heteroatoms. The van der Waals surface area contributed by atoms with E-state index >= 15 is 0 Å². The van der Waals surface area contributed by atoms with Gasteiger partial charge < -0.3 is 4.74 Å². The molecule has 0 aliphatic carbocycles. The summed E-state index contributed by atoms with van der Waals surface area (Å²) in [5, 5.41) is 0. The van der Waals surface area contributed by atoms with Crippen LogP contribution in [0.1, 0.15) is 16.7 Å². The van der Waals surface area contributed by atoms with Gasteiger partial charge in [0.1, 0.15) is 12.4 Å². The van der Waals surface area contributed by atoms with Crippen LogP contribution in [0.2, 0.25) is 0 Å². The van der Waals surface area contributed by atoms with Crippen molar-refractivity contribution in [2.75, 3.05) is 0 Å². The van der Waals surface area contributed by atoms with Crippen LogP contribution >= 0.6 is 0 Å². The molecule has 0 saturated heterocycles. The van der Waals surface area contributed by atoms with Crippen LogP contribution in [0, 0.1) is 0 Å². The molecule has 0 N–H and O–H groups in total. The van der Waals surface area contributed by atoms with Gasteiger partial charge >= 0.3 is 12.4 Å². The first kappa shape index (κ1) is 16.2. The van der Waals surface area contributed by atoms with Gasteiger partial charge in [-0.15, -0.1) is 0 Å². The number of hydrogen-bond acceptors (Lipinski definition) is 1. The molecule has 0 amide bonds. The Bertz CT molecular complexity index is 598. The van der Waals surface area contributed by atoms with Crippen molar-refractivity contribution in [2.45, 2.75) is 19.0 Å². The first-order chi connectivity index (χ1) is 10.2. The molecule has 0 fully saturated rings. The van der Waals surface area contributed by atoms with Gasteiger partial charge in [-0.25, -0.2) is 0 Å². The lowest BCUT2D eigenvalue weighted by atomic mass is 10.1. The molecule has 0 aromatic heterocycles. The van der Waals surface area contributed by atoms with Gasteiger partial charge in [-0.05, 0) is 35.9 Å². The summed E-state index contributed by atoms with van der Waals surface area (Å²) in [6.45, 7) is -0.392. The highest BCUT2D eigenvalue weighted by Gasteiger charge is 2.36. The third-order valence-corrected chi connectivity index (χ3v) is 2.80. The Hall–Kier alpha value is -2.18. The number of benzene rings is 2. The predicted molar refractivity (Wildman–Crippen MR) is 67.2 cm³/mol. The third-order valence-electron chi connectivity index (χ3n) is 2.80. The van der Waals surface area contributed by atoms with Crippen LogP contribution in [0.25, 0.3) is 0 Å². The van der Waals surface area contributed by atoms with E-state index in [4.69, 9.17) is 4.74 Å². The zero-order valence-electron chi connectivity index (χ0n) is 11.0. The fourth-order valence-corrected chi connectivity index (χ4v) is 1.79. The smallest absolute Gasteiger partial charge is 0.416 e. The normalized spacial score (nSPS) is 12.3. The molecule has 0 bridgehead atoms. The second-order valence-corrected chi connectivity index (χ2v) is 4.52. The molecule has 0 unspecified atom stereocenters. The van der Waals surface area contributed by atoms with E-state index in [9.17, 15) is 26.3 Å². The number of para-hydroxylation sites is 1. The molecule has 2 aromatic carbocycles. The highest BCUT2D eigenvalue weighted by molar-refractivity contribution is 5.33. The van der Waals surface area contributed by atoms with Gasteiger partial charge in [0.05, 0.1) is 11.1 Å². The predicted octanol–water partition coefficient (Wildman–Crippen LogP) is 5.30. The van der Waals surface area contributed by atoms with Crippen molar-refractivity contribution in [3.05, 3.63) is 65.2 Å². The highest BCUT2D eigenvalue weighted by Crippen LogP contribution is 2.36. The summed E-state index contributed by atoms with van der Waals surface area (Å²) in [4.78, 5) is 0. The van der Waals surface area contributed by atoms with Gasteiger partial charge in [0.2, 0.25) is 0 Å². The van der Waals surface area contributed by atoms with E-state index in [1.807, 2.05) is 0 Å². The highest BCUT2D eigenvalue weighted by atomic mass is 19.4. The topological polar surface area (TPSA) is 9.23 Å². The molecule has 22 heavy (non-hydrogen) atoms. The summed E-state index contributed by atoms with van der Waals surface area (Å²) in [6.07, 6.45) is -9.72. The Balaban J connectivity index is 2.30. The lowest BCUT2D eigenvalue weighted by Crippen LogP contribution is -2.12. The van der Waals surface area contributed by atoms with Gasteiger partial charge in [-0.1, -0.05) is 18.2 Å². The standard InChI is InChI=1S/C15H10F6O/c16-14(17,18)11-6-10(7-12(8-11)15(19,20)21)9-22-13-4-2-1-3-5-13/h1-8H,9H2. The zero-order valence-corrected chi connectivity index (χ0v) is 11.0. The molecule has 2 aromatic rings. The summed E-state index contributed by atoms with van der Waals surface area (Å²) >= 11 is 0. The Morgan fingerprint density at radius 3 is 1.68 bits per heavy atom. The number of alkyl halides is 6. The van der Waals surface area contributed by atoms with E-state index in [1.165, 1.54) is 0 Å². The van der Waals surface area contributed by atoms with E-state index in [0.29, 0.717) is 17.9 Å². The fourth-order valence-electron chi connectivity index (χ4n) is 1.79. The van der Waals surface area contributed by atoms with Crippen molar-refractivity contribution in [1.29, 1.82) is 0 Å². The van der Waals surface area contributed by atoms with Crippen LogP contribution in [0.3, 0.4) is 0 Å². The van der Waals surface area contributed by atoms with Crippen molar-refractivity contribution in [1.82, 2.24) is 0 Å². The summed E-state index contributed by atoms with van der Waals surface area (Å²) in [5.74, 6) is 0.355. The lowest BCUT2D eigenvalue weighted by molar-refractivity contribution is -0.143. The summed E-state index contributed by atoms with van der Waals surface area (Å²) in [7, 11) is 0. The van der Waals surface area contributed by atoms with E-state index < -0.39 is 30.1 Å². The van der Waals surface area contributed by atoms with Gasteiger partial charge in [-0.3, -0.25) is 0 Å². The largest absolute Gasteiger partial charge is 0.489 e. The van der Waals surface area contributed by atoms with Crippen LogP contribution in [0.4, 0.5) is 26.3 Å². The second kappa shape index (κ2) is 5.90. The van der Waals surface area contributed by atoms with Crippen LogP contribution < -0.4 is 4.74 Å². The minimum atomic E-state index is -4.86. The van der Waals surface area contributed by atoms with Crippen molar-refractivity contribution in [2.24, 2.45) is 0 Å². The summed E-state index contributed by atoms with van der Waals surface area (Å²) in [5.41, 5.74) is -2.91. The number of hydrogen-bond donors (Lipinski definition) is 0. The Kier molecular flexibility index (Phi) is 4.35. The molecule has 0 aliphatic heterocycles. The van der Waals surface area contributed by atoms with E-state index in [2.05, 4.69) is 0 Å². The van der Waals surface area contributed by atoms with E-state index in [0.717, 1.165) is 0 Å². The van der Waals surface area contributed by atoms with Crippen molar-refractivity contribution in [3.8, 4) is 5.75 Å². The van der Waals surface area contributed by atoms with E-state index in [1.54, 1.807) is 30.3 Å². The maximum absolute atomic E-state index is 12.7. The van der Waals surface area contributed by atoms with Crippen LogP contribution in [-0.4, -0.2) is 0 Å². The zero-order chi connectivity index (χ0) is 16.4. The molecule has 118 valence electrons. The quantitative estimate of drug-likeness (QED) is 0.697. The average molecular weight is 320 g/mol. The molecule has 2 rings (SSSR count). The molecule has 0 radical (unpaired) electrons. The molecule has 0 spiro atoms. The minimum absolute atomic E-state index is 0.0893.